The van der Waals surface area contributed by atoms with Crippen LogP contribution < -0.4 is 10.9 Å². The van der Waals surface area contributed by atoms with Gasteiger partial charge in [-0.1, -0.05) is 61.4 Å². The number of benzene rings is 1. The van der Waals surface area contributed by atoms with Gasteiger partial charge in [-0.2, -0.15) is 5.10 Å². The SMILES string of the molecule is C[C@@H]1CCC[C@H](n2cnc(-c3cc(Cl)ccc3-n3cc(Cl)nn3)cc2=O)c2cc(ccn2)-c2c(cnn2COCC[Si](C)(C)C)NC1=O. The Hall–Kier alpha value is -4.17. The summed E-state index contributed by atoms with van der Waals surface area (Å²) in [6, 6.07) is 11.1. The summed E-state index contributed by atoms with van der Waals surface area (Å²) in [4.78, 5) is 36.6. The molecule has 0 unspecified atom stereocenters. The van der Waals surface area contributed by atoms with Crippen LogP contribution in [-0.4, -0.2) is 59.9 Å². The molecule has 0 spiro atoms. The highest BCUT2D eigenvalue weighted by molar-refractivity contribution is 6.76. The quantitative estimate of drug-likeness (QED) is 0.139. The number of aromatic nitrogens is 8. The lowest BCUT2D eigenvalue weighted by Gasteiger charge is -2.22. The molecule has 250 valence electrons. The Morgan fingerprint density at radius 3 is 2.65 bits per heavy atom. The molecule has 2 atom stereocenters. The number of hydrogen-bond donors (Lipinski definition) is 1. The van der Waals surface area contributed by atoms with Crippen molar-refractivity contribution < 1.29 is 9.53 Å². The standard InChI is InChI=1S/C33H37Cl2N9O3Si/c1-21-6-5-7-29(42-19-37-25(16-31(42)45)24-15-23(34)8-9-28(24)43-18-30(35)40-41-43)26-14-22(10-11-36-26)32-27(39-33(21)46)17-38-44(32)20-47-12-13-48(2,3)4/h8-11,14-19,21,29H,5-7,12-13,20H2,1-4H3,(H,39,46)/t21-,29+/m1/s1. The molecule has 0 fully saturated rings. The van der Waals surface area contributed by atoms with Crippen molar-refractivity contribution in [2.24, 2.45) is 5.92 Å². The molecule has 1 aliphatic heterocycles. The molecule has 0 saturated carbocycles. The second kappa shape index (κ2) is 14.1. The van der Waals surface area contributed by atoms with Crippen molar-refractivity contribution in [1.82, 2.24) is 39.3 Å². The molecule has 0 aliphatic carbocycles. The van der Waals surface area contributed by atoms with Gasteiger partial charge in [-0.05, 0) is 49.2 Å². The minimum absolute atomic E-state index is 0.0870. The van der Waals surface area contributed by atoms with Gasteiger partial charge in [0, 0.05) is 49.0 Å². The predicted octanol–water partition coefficient (Wildman–Crippen LogP) is 6.72. The number of hydrogen-bond acceptors (Lipinski definition) is 8. The number of pyridine rings is 1. The Balaban J connectivity index is 1.38. The zero-order valence-corrected chi connectivity index (χ0v) is 29.7. The highest BCUT2D eigenvalue weighted by Gasteiger charge is 2.25. The third kappa shape index (κ3) is 7.59. The van der Waals surface area contributed by atoms with Crippen molar-refractivity contribution in [2.45, 2.75) is 64.6 Å². The lowest BCUT2D eigenvalue weighted by molar-refractivity contribution is -0.119. The van der Waals surface area contributed by atoms with Crippen LogP contribution in [0, 0.1) is 5.92 Å². The minimum atomic E-state index is -1.27. The smallest absolute Gasteiger partial charge is 0.254 e. The maximum absolute atomic E-state index is 13.9. The van der Waals surface area contributed by atoms with Crippen LogP contribution in [0.3, 0.4) is 0 Å². The number of carbonyl (C=O) groups is 1. The first-order valence-electron chi connectivity index (χ1n) is 15.8. The summed E-state index contributed by atoms with van der Waals surface area (Å²) in [7, 11) is -1.27. The molecule has 1 amide bonds. The molecule has 6 rings (SSSR count). The Morgan fingerprint density at radius 1 is 1.06 bits per heavy atom. The van der Waals surface area contributed by atoms with Gasteiger partial charge in [0.1, 0.15) is 6.73 Å². The van der Waals surface area contributed by atoms with Crippen LogP contribution in [0.5, 0.6) is 0 Å². The lowest BCUT2D eigenvalue weighted by atomic mass is 9.97. The van der Waals surface area contributed by atoms with E-state index in [-0.39, 0.29) is 29.3 Å². The normalized spacial score (nSPS) is 16.9. The van der Waals surface area contributed by atoms with E-state index >= 15 is 0 Å². The first-order valence-corrected chi connectivity index (χ1v) is 20.3. The predicted molar refractivity (Wildman–Crippen MR) is 188 cm³/mol. The monoisotopic (exact) mass is 705 g/mol. The van der Waals surface area contributed by atoms with E-state index in [2.05, 4.69) is 40.4 Å². The molecule has 1 N–H and O–H groups in total. The van der Waals surface area contributed by atoms with Crippen LogP contribution in [0.25, 0.3) is 28.2 Å². The molecule has 12 nitrogen and oxygen atoms in total. The van der Waals surface area contributed by atoms with Crippen LogP contribution in [0.15, 0.2) is 66.1 Å². The third-order valence-electron chi connectivity index (χ3n) is 8.38. The number of halogens is 2. The Labute approximate surface area is 289 Å². The van der Waals surface area contributed by atoms with E-state index in [0.717, 1.165) is 11.6 Å². The van der Waals surface area contributed by atoms with Gasteiger partial charge in [0.2, 0.25) is 5.91 Å². The Bertz CT molecular complexity index is 2000. The topological polar surface area (TPSA) is 135 Å². The highest BCUT2D eigenvalue weighted by Crippen LogP contribution is 2.34. The van der Waals surface area contributed by atoms with Gasteiger partial charge in [-0.25, -0.2) is 14.3 Å². The van der Waals surface area contributed by atoms with Crippen LogP contribution in [0.4, 0.5) is 5.69 Å². The minimum Gasteiger partial charge on any atom is -0.360 e. The fourth-order valence-electron chi connectivity index (χ4n) is 5.69. The molecule has 2 bridgehead atoms. The zero-order chi connectivity index (χ0) is 34.0. The van der Waals surface area contributed by atoms with Crippen molar-refractivity contribution in [3.8, 4) is 28.2 Å². The summed E-state index contributed by atoms with van der Waals surface area (Å²) in [5, 5.41) is 16.3. The van der Waals surface area contributed by atoms with Gasteiger partial charge in [-0.3, -0.25) is 19.1 Å². The summed E-state index contributed by atoms with van der Waals surface area (Å²) < 4.78 is 10.9. The van der Waals surface area contributed by atoms with Crippen molar-refractivity contribution >= 4 is 42.9 Å². The molecule has 4 aromatic heterocycles. The van der Waals surface area contributed by atoms with Gasteiger partial charge >= 0.3 is 0 Å². The largest absolute Gasteiger partial charge is 0.360 e. The van der Waals surface area contributed by atoms with E-state index < -0.39 is 14.1 Å². The molecule has 5 aromatic rings. The zero-order valence-electron chi connectivity index (χ0n) is 27.2. The number of rotatable bonds is 8. The molecular formula is C33H37Cl2N9O3Si. The molecular weight excluding hydrogens is 669 g/mol. The van der Waals surface area contributed by atoms with Crippen LogP contribution in [0.1, 0.15) is 37.9 Å². The van der Waals surface area contributed by atoms with Crippen LogP contribution >= 0.6 is 23.2 Å². The maximum Gasteiger partial charge on any atom is 0.254 e. The molecule has 1 aromatic carbocycles. The van der Waals surface area contributed by atoms with E-state index in [4.69, 9.17) is 37.9 Å². The van der Waals surface area contributed by atoms with E-state index in [0.29, 0.717) is 64.9 Å². The highest BCUT2D eigenvalue weighted by atomic mass is 35.5. The van der Waals surface area contributed by atoms with Crippen molar-refractivity contribution in [3.63, 3.8) is 0 Å². The molecule has 0 saturated heterocycles. The van der Waals surface area contributed by atoms with Gasteiger partial charge < -0.3 is 10.1 Å². The molecule has 1 aliphatic rings. The fraction of sp³-hybridized carbons (Fsp3) is 0.364. The summed E-state index contributed by atoms with van der Waals surface area (Å²) in [6.07, 6.45) is 8.36. The van der Waals surface area contributed by atoms with Gasteiger partial charge in [-0.15, -0.1) is 5.10 Å². The molecule has 15 heteroatoms. The third-order valence-corrected chi connectivity index (χ3v) is 10.5. The van der Waals surface area contributed by atoms with Gasteiger partial charge in [0.25, 0.3) is 5.56 Å². The second-order valence-electron chi connectivity index (χ2n) is 13.2. The van der Waals surface area contributed by atoms with E-state index in [9.17, 15) is 9.59 Å². The second-order valence-corrected chi connectivity index (χ2v) is 19.7. The molecule has 48 heavy (non-hydrogen) atoms. The summed E-state index contributed by atoms with van der Waals surface area (Å²) in [6.45, 7) is 9.70. The number of amides is 1. The number of nitrogens with one attached hydrogen (secondary N) is 1. The summed E-state index contributed by atoms with van der Waals surface area (Å²) in [5.41, 5.74) is 4.18. The van der Waals surface area contributed by atoms with Gasteiger partial charge in [0.05, 0.1) is 53.2 Å². The number of ether oxygens (including phenoxy) is 1. The average molecular weight is 707 g/mol. The van der Waals surface area contributed by atoms with Crippen molar-refractivity contribution in [1.29, 1.82) is 0 Å². The Kier molecular flexibility index (Phi) is 9.92. The summed E-state index contributed by atoms with van der Waals surface area (Å²) in [5.74, 6) is -0.347. The van der Waals surface area contributed by atoms with E-state index in [1.54, 1.807) is 52.4 Å². The maximum atomic E-state index is 13.9. The first-order chi connectivity index (χ1) is 23.0. The molecule has 5 heterocycles. The molecule has 0 radical (unpaired) electrons. The van der Waals surface area contributed by atoms with Gasteiger partial charge in [0.15, 0.2) is 5.15 Å². The number of nitrogens with zero attached hydrogens (tertiary/aromatic N) is 8. The number of fused-ring (bicyclic) bond motifs is 4. The van der Waals surface area contributed by atoms with Crippen LogP contribution in [0.2, 0.25) is 35.9 Å². The first kappa shape index (κ1) is 33.7. The van der Waals surface area contributed by atoms with Crippen molar-refractivity contribution in [3.05, 3.63) is 87.5 Å². The van der Waals surface area contributed by atoms with Crippen LogP contribution in [-0.2, 0) is 16.3 Å². The number of carbonyl (C=O) groups excluding carboxylic acids is 1. The number of anilines is 1. The van der Waals surface area contributed by atoms with Crippen molar-refractivity contribution in [2.75, 3.05) is 11.9 Å². The summed E-state index contributed by atoms with van der Waals surface area (Å²) >= 11 is 12.4. The Morgan fingerprint density at radius 2 is 1.90 bits per heavy atom. The van der Waals surface area contributed by atoms with E-state index in [1.165, 1.54) is 10.7 Å². The average Bonchev–Trinajstić information content (AvgIpc) is 3.66. The fourth-order valence-corrected chi connectivity index (χ4v) is 6.74. The van der Waals surface area contributed by atoms with E-state index in [1.807, 2.05) is 19.1 Å². The lowest BCUT2D eigenvalue weighted by Crippen LogP contribution is -2.27.